The summed E-state index contributed by atoms with van der Waals surface area (Å²) in [5, 5.41) is 3.04. The van der Waals surface area contributed by atoms with Crippen molar-refractivity contribution in [2.45, 2.75) is 64.5 Å². The second-order valence-electron chi connectivity index (χ2n) is 8.65. The zero-order valence-corrected chi connectivity index (χ0v) is 17.6. The molecule has 1 fully saturated rings. The Bertz CT molecular complexity index is 647. The summed E-state index contributed by atoms with van der Waals surface area (Å²) in [6.07, 6.45) is 10.6. The van der Waals surface area contributed by atoms with E-state index in [9.17, 15) is 9.59 Å². The number of likely N-dealkylation sites (tertiary alicyclic amines) is 1. The van der Waals surface area contributed by atoms with Gasteiger partial charge in [0.1, 0.15) is 12.2 Å². The fourth-order valence-corrected chi connectivity index (χ4v) is 3.54. The Kier molecular flexibility index (Phi) is 7.33. The number of hydrogen-bond acceptors (Lipinski definition) is 4. The number of piperidine rings is 1. The molecule has 2 amide bonds. The maximum Gasteiger partial charge on any atom is 0.410 e. The highest BCUT2D eigenvalue weighted by atomic mass is 16.6. The summed E-state index contributed by atoms with van der Waals surface area (Å²) < 4.78 is 11.0. The molecule has 0 spiro atoms. The minimum absolute atomic E-state index is 0.0286. The molecule has 6 heteroatoms. The van der Waals surface area contributed by atoms with Crippen LogP contribution in [0, 0.1) is 5.92 Å². The topological polar surface area (TPSA) is 67.9 Å². The van der Waals surface area contributed by atoms with E-state index in [-0.39, 0.29) is 18.6 Å². The van der Waals surface area contributed by atoms with Crippen LogP contribution in [0.15, 0.2) is 36.5 Å². The Labute approximate surface area is 168 Å². The zero-order valence-electron chi connectivity index (χ0n) is 17.6. The third-order valence-corrected chi connectivity index (χ3v) is 5.19. The van der Waals surface area contributed by atoms with E-state index in [1.54, 1.807) is 4.90 Å². The lowest BCUT2D eigenvalue weighted by Gasteiger charge is -2.45. The summed E-state index contributed by atoms with van der Waals surface area (Å²) in [5.41, 5.74) is -0.175. The lowest BCUT2D eigenvalue weighted by atomic mass is 9.78. The first-order valence-corrected chi connectivity index (χ1v) is 10.1. The van der Waals surface area contributed by atoms with Crippen molar-refractivity contribution >= 4 is 12.2 Å². The molecule has 0 saturated carbocycles. The summed E-state index contributed by atoms with van der Waals surface area (Å²) in [6, 6.07) is 0. The molecule has 1 aliphatic carbocycles. The Morgan fingerprint density at radius 2 is 2.14 bits per heavy atom. The summed E-state index contributed by atoms with van der Waals surface area (Å²) in [4.78, 5) is 26.7. The minimum atomic E-state index is -0.620. The van der Waals surface area contributed by atoms with Crippen molar-refractivity contribution in [3.05, 3.63) is 36.5 Å². The van der Waals surface area contributed by atoms with Gasteiger partial charge in [-0.05, 0) is 57.9 Å². The van der Waals surface area contributed by atoms with Gasteiger partial charge in [0.2, 0.25) is 0 Å². The van der Waals surface area contributed by atoms with E-state index in [1.165, 1.54) is 0 Å². The van der Waals surface area contributed by atoms with Crippen molar-refractivity contribution in [3.63, 3.8) is 0 Å². The standard InChI is InChI=1S/C22H34N2O4/c1-6-17(2)22(23-19(25)27-15-18-11-8-7-9-12-18)13-10-14-24(16-22)20(26)28-21(3,4)5/h6,8,11-12,17H,1,7,9-10,13-16H2,2-5H3,(H,23,25). The molecule has 156 valence electrons. The van der Waals surface area contributed by atoms with Gasteiger partial charge in [-0.3, -0.25) is 0 Å². The zero-order chi connectivity index (χ0) is 20.8. The van der Waals surface area contributed by atoms with Crippen molar-refractivity contribution < 1.29 is 19.1 Å². The van der Waals surface area contributed by atoms with Crippen LogP contribution >= 0.6 is 0 Å². The lowest BCUT2D eigenvalue weighted by molar-refractivity contribution is 0.00653. The summed E-state index contributed by atoms with van der Waals surface area (Å²) >= 11 is 0. The number of carbonyl (C=O) groups excluding carboxylic acids is 2. The van der Waals surface area contributed by atoms with Gasteiger partial charge in [0.25, 0.3) is 0 Å². The maximum absolute atomic E-state index is 12.5. The highest BCUT2D eigenvalue weighted by Crippen LogP contribution is 2.30. The third-order valence-electron chi connectivity index (χ3n) is 5.19. The summed E-state index contributed by atoms with van der Waals surface area (Å²) in [7, 11) is 0. The average Bonchev–Trinajstić information content (AvgIpc) is 2.65. The lowest BCUT2D eigenvalue weighted by Crippen LogP contribution is -2.63. The molecular weight excluding hydrogens is 356 g/mol. The first-order valence-electron chi connectivity index (χ1n) is 10.1. The van der Waals surface area contributed by atoms with Crippen LogP contribution in [0.1, 0.15) is 53.4 Å². The first kappa shape index (κ1) is 22.1. The largest absolute Gasteiger partial charge is 0.445 e. The molecule has 0 aromatic heterocycles. The molecule has 2 atom stereocenters. The molecule has 1 aliphatic heterocycles. The Morgan fingerprint density at radius 1 is 1.39 bits per heavy atom. The van der Waals surface area contributed by atoms with E-state index in [1.807, 2.05) is 39.8 Å². The molecule has 28 heavy (non-hydrogen) atoms. The Morgan fingerprint density at radius 3 is 2.75 bits per heavy atom. The van der Waals surface area contributed by atoms with Gasteiger partial charge in [-0.1, -0.05) is 31.2 Å². The van der Waals surface area contributed by atoms with Gasteiger partial charge in [-0.2, -0.15) is 0 Å². The number of nitrogens with one attached hydrogen (secondary N) is 1. The van der Waals surface area contributed by atoms with Crippen LogP contribution in [0.5, 0.6) is 0 Å². The molecule has 0 radical (unpaired) electrons. The number of amides is 2. The summed E-state index contributed by atoms with van der Waals surface area (Å²) in [6.45, 7) is 12.6. The van der Waals surface area contributed by atoms with Crippen LogP contribution in [0.3, 0.4) is 0 Å². The third kappa shape index (κ3) is 6.14. The van der Waals surface area contributed by atoms with Crippen molar-refractivity contribution in [2.75, 3.05) is 19.7 Å². The Balaban J connectivity index is 2.04. The SMILES string of the molecule is C=CC(C)C1(NC(=O)OCC2=CCCC=C2)CCCN(C(=O)OC(C)(C)C)C1. The predicted octanol–water partition coefficient (Wildman–Crippen LogP) is 4.58. The van der Waals surface area contributed by atoms with Crippen LogP contribution in [0.2, 0.25) is 0 Å². The molecular formula is C22H34N2O4. The van der Waals surface area contributed by atoms with E-state index < -0.39 is 17.2 Å². The molecule has 6 nitrogen and oxygen atoms in total. The molecule has 1 N–H and O–H groups in total. The maximum atomic E-state index is 12.5. The van der Waals surface area contributed by atoms with Crippen LogP contribution in [-0.2, 0) is 9.47 Å². The van der Waals surface area contributed by atoms with E-state index in [0.717, 1.165) is 31.3 Å². The minimum Gasteiger partial charge on any atom is -0.445 e. The van der Waals surface area contributed by atoms with Gasteiger partial charge in [0.15, 0.2) is 0 Å². The quantitative estimate of drug-likeness (QED) is 0.698. The molecule has 0 aromatic rings. The number of rotatable bonds is 5. The molecule has 2 rings (SSSR count). The van der Waals surface area contributed by atoms with Crippen molar-refractivity contribution in [2.24, 2.45) is 5.92 Å². The highest BCUT2D eigenvalue weighted by molar-refractivity contribution is 5.71. The van der Waals surface area contributed by atoms with Crippen LogP contribution < -0.4 is 5.32 Å². The Hall–Kier alpha value is -2.24. The van der Waals surface area contributed by atoms with Crippen molar-refractivity contribution in [1.29, 1.82) is 0 Å². The number of carbonyl (C=O) groups is 2. The number of alkyl carbamates (subject to hydrolysis) is 1. The number of ether oxygens (including phenoxy) is 2. The second kappa shape index (κ2) is 9.30. The predicted molar refractivity (Wildman–Crippen MR) is 110 cm³/mol. The fraction of sp³-hybridized carbons (Fsp3) is 0.636. The van der Waals surface area contributed by atoms with Crippen LogP contribution in [0.4, 0.5) is 9.59 Å². The smallest absolute Gasteiger partial charge is 0.410 e. The van der Waals surface area contributed by atoms with Gasteiger partial charge in [0.05, 0.1) is 5.54 Å². The number of nitrogens with zero attached hydrogens (tertiary/aromatic N) is 1. The van der Waals surface area contributed by atoms with E-state index in [2.05, 4.69) is 24.0 Å². The van der Waals surface area contributed by atoms with Gasteiger partial charge >= 0.3 is 12.2 Å². The molecule has 0 aromatic carbocycles. The second-order valence-corrected chi connectivity index (χ2v) is 8.65. The fourth-order valence-electron chi connectivity index (χ4n) is 3.54. The highest BCUT2D eigenvalue weighted by Gasteiger charge is 2.43. The molecule has 2 aliphatic rings. The van der Waals surface area contributed by atoms with Crippen LogP contribution in [0.25, 0.3) is 0 Å². The van der Waals surface area contributed by atoms with E-state index >= 15 is 0 Å². The van der Waals surface area contributed by atoms with E-state index in [4.69, 9.17) is 9.47 Å². The molecule has 0 bridgehead atoms. The monoisotopic (exact) mass is 390 g/mol. The van der Waals surface area contributed by atoms with Crippen LogP contribution in [-0.4, -0.2) is 47.9 Å². The summed E-state index contributed by atoms with van der Waals surface area (Å²) in [5.74, 6) is -0.0286. The van der Waals surface area contributed by atoms with Gasteiger partial charge in [-0.25, -0.2) is 9.59 Å². The normalized spacial score (nSPS) is 23.4. The van der Waals surface area contributed by atoms with Gasteiger partial charge < -0.3 is 19.7 Å². The molecule has 1 heterocycles. The molecule has 1 saturated heterocycles. The number of allylic oxidation sites excluding steroid dienone is 2. The van der Waals surface area contributed by atoms with Gasteiger partial charge in [-0.15, -0.1) is 6.58 Å². The molecule has 2 unspecified atom stereocenters. The van der Waals surface area contributed by atoms with Gasteiger partial charge in [0, 0.05) is 13.1 Å². The van der Waals surface area contributed by atoms with E-state index in [0.29, 0.717) is 13.1 Å². The first-order chi connectivity index (χ1) is 13.1. The van der Waals surface area contributed by atoms with Crippen molar-refractivity contribution in [1.82, 2.24) is 10.2 Å². The average molecular weight is 391 g/mol. The number of hydrogen-bond donors (Lipinski definition) is 1. The van der Waals surface area contributed by atoms with Crippen molar-refractivity contribution in [3.8, 4) is 0 Å².